The van der Waals surface area contributed by atoms with Crippen LogP contribution in [0.5, 0.6) is 0 Å². The summed E-state index contributed by atoms with van der Waals surface area (Å²) in [4.78, 5) is 28.4. The lowest BCUT2D eigenvalue weighted by Crippen LogP contribution is -2.46. The summed E-state index contributed by atoms with van der Waals surface area (Å²) in [6.07, 6.45) is 3.88. The van der Waals surface area contributed by atoms with Crippen LogP contribution in [0.2, 0.25) is 0 Å². The Kier molecular flexibility index (Phi) is 13.8. The molecule has 6 nitrogen and oxygen atoms in total. The molecule has 3 aromatic rings. The van der Waals surface area contributed by atoms with Gasteiger partial charge in [0, 0.05) is 37.3 Å². The summed E-state index contributed by atoms with van der Waals surface area (Å²) in [6, 6.07) is 17.8. The third-order valence-corrected chi connectivity index (χ3v) is 7.22. The molecule has 3 rings (SSSR count). The van der Waals surface area contributed by atoms with Gasteiger partial charge in [-0.15, -0.1) is 0 Å². The summed E-state index contributed by atoms with van der Waals surface area (Å²) >= 11 is 0. The number of esters is 1. The Labute approximate surface area is 254 Å². The van der Waals surface area contributed by atoms with Crippen LogP contribution in [-0.4, -0.2) is 55.1 Å². The van der Waals surface area contributed by atoms with E-state index < -0.39 is 29.7 Å². The van der Waals surface area contributed by atoms with E-state index in [4.69, 9.17) is 10.5 Å². The van der Waals surface area contributed by atoms with Gasteiger partial charge in [-0.05, 0) is 99.0 Å². The molecule has 1 amide bonds. The number of halogens is 2. The lowest BCUT2D eigenvalue weighted by Gasteiger charge is -2.25. The van der Waals surface area contributed by atoms with Crippen LogP contribution in [-0.2, 0) is 17.6 Å². The maximum atomic E-state index is 13.8. The molecule has 3 aromatic carbocycles. The molecular formula is C35H45F2N3O3. The monoisotopic (exact) mass is 593 g/mol. The first-order chi connectivity index (χ1) is 20.7. The molecule has 8 heteroatoms. The van der Waals surface area contributed by atoms with Gasteiger partial charge in [0.05, 0.1) is 5.56 Å². The first kappa shape index (κ1) is 33.9. The second-order valence-electron chi connectivity index (χ2n) is 11.1. The van der Waals surface area contributed by atoms with Gasteiger partial charge >= 0.3 is 5.97 Å². The van der Waals surface area contributed by atoms with Crippen LogP contribution >= 0.6 is 0 Å². The maximum Gasteiger partial charge on any atom is 0.338 e. The number of carbonyl (C=O) groups excluding carboxylic acids is 2. The highest BCUT2D eigenvalue weighted by molar-refractivity contribution is 5.98. The number of amides is 1. The predicted molar refractivity (Wildman–Crippen MR) is 167 cm³/mol. The summed E-state index contributed by atoms with van der Waals surface area (Å²) in [5.41, 5.74) is 9.60. The lowest BCUT2D eigenvalue weighted by molar-refractivity contribution is 0.0239. The minimum absolute atomic E-state index is 0.114. The zero-order valence-electron chi connectivity index (χ0n) is 25.6. The SMILES string of the molecule is CCCN(CCC)C(=O)c1cc(C)cc(C(=O)O[C@H](CNCCCCc2ccccc2)[C@@H](N)Cc2cc(F)cc(F)c2)c1. The molecule has 43 heavy (non-hydrogen) atoms. The van der Waals surface area contributed by atoms with E-state index in [-0.39, 0.29) is 24.4 Å². The molecule has 0 saturated heterocycles. The van der Waals surface area contributed by atoms with E-state index in [0.29, 0.717) is 30.8 Å². The second kappa shape index (κ2) is 17.5. The number of nitrogens with one attached hydrogen (secondary N) is 1. The number of rotatable bonds is 17. The average Bonchev–Trinajstić information content (AvgIpc) is 2.97. The number of ether oxygens (including phenoxy) is 1. The normalized spacial score (nSPS) is 12.5. The van der Waals surface area contributed by atoms with Crippen molar-refractivity contribution < 1.29 is 23.1 Å². The highest BCUT2D eigenvalue weighted by Gasteiger charge is 2.25. The van der Waals surface area contributed by atoms with Gasteiger partial charge < -0.3 is 20.7 Å². The fourth-order valence-electron chi connectivity index (χ4n) is 5.15. The van der Waals surface area contributed by atoms with Crippen molar-refractivity contribution in [3.8, 4) is 0 Å². The molecule has 0 aliphatic carbocycles. The van der Waals surface area contributed by atoms with Gasteiger partial charge in [0.1, 0.15) is 17.7 Å². The van der Waals surface area contributed by atoms with Crippen molar-refractivity contribution in [2.45, 2.75) is 71.4 Å². The van der Waals surface area contributed by atoms with Crippen molar-refractivity contribution >= 4 is 11.9 Å². The minimum atomic E-state index is -0.774. The van der Waals surface area contributed by atoms with Gasteiger partial charge in [0.15, 0.2) is 0 Å². The number of aryl methyl sites for hydroxylation is 2. The van der Waals surface area contributed by atoms with E-state index in [2.05, 4.69) is 17.4 Å². The van der Waals surface area contributed by atoms with Gasteiger partial charge in [-0.1, -0.05) is 44.2 Å². The Morgan fingerprint density at radius 1 is 0.884 bits per heavy atom. The van der Waals surface area contributed by atoms with Crippen LogP contribution in [0.4, 0.5) is 8.78 Å². The van der Waals surface area contributed by atoms with E-state index >= 15 is 0 Å². The Morgan fingerprint density at radius 2 is 1.53 bits per heavy atom. The van der Waals surface area contributed by atoms with Crippen molar-refractivity contribution in [3.63, 3.8) is 0 Å². The smallest absolute Gasteiger partial charge is 0.338 e. The molecule has 3 N–H and O–H groups in total. The Hall–Kier alpha value is -3.62. The Morgan fingerprint density at radius 3 is 2.19 bits per heavy atom. The molecule has 0 spiro atoms. The fourth-order valence-corrected chi connectivity index (χ4v) is 5.15. The van der Waals surface area contributed by atoms with E-state index in [1.54, 1.807) is 23.1 Å². The van der Waals surface area contributed by atoms with Crippen molar-refractivity contribution in [1.82, 2.24) is 10.2 Å². The predicted octanol–water partition coefficient (Wildman–Crippen LogP) is 6.24. The number of nitrogens with zero attached hydrogens (tertiary/aromatic N) is 1. The van der Waals surface area contributed by atoms with Crippen LogP contribution in [0.1, 0.15) is 76.9 Å². The van der Waals surface area contributed by atoms with Crippen LogP contribution in [0.3, 0.4) is 0 Å². The van der Waals surface area contributed by atoms with Crippen LogP contribution in [0.15, 0.2) is 66.7 Å². The Balaban J connectivity index is 1.71. The molecule has 0 bridgehead atoms. The molecule has 0 heterocycles. The highest BCUT2D eigenvalue weighted by Crippen LogP contribution is 2.17. The second-order valence-corrected chi connectivity index (χ2v) is 11.1. The van der Waals surface area contributed by atoms with Crippen molar-refractivity contribution in [1.29, 1.82) is 0 Å². The molecule has 0 aromatic heterocycles. The zero-order chi connectivity index (χ0) is 31.2. The van der Waals surface area contributed by atoms with Crippen molar-refractivity contribution in [2.75, 3.05) is 26.2 Å². The van der Waals surface area contributed by atoms with E-state index in [1.165, 1.54) is 17.7 Å². The quantitative estimate of drug-likeness (QED) is 0.143. The van der Waals surface area contributed by atoms with E-state index in [9.17, 15) is 18.4 Å². The van der Waals surface area contributed by atoms with E-state index in [0.717, 1.165) is 43.7 Å². The summed E-state index contributed by atoms with van der Waals surface area (Å²) in [7, 11) is 0. The first-order valence-electron chi connectivity index (χ1n) is 15.3. The van der Waals surface area contributed by atoms with Gasteiger partial charge in [0.25, 0.3) is 5.91 Å². The van der Waals surface area contributed by atoms with E-state index in [1.807, 2.05) is 39.0 Å². The van der Waals surface area contributed by atoms with Gasteiger partial charge in [-0.25, -0.2) is 13.6 Å². The molecule has 0 radical (unpaired) electrons. The molecule has 0 saturated carbocycles. The number of unbranched alkanes of at least 4 members (excludes halogenated alkanes) is 1. The van der Waals surface area contributed by atoms with Gasteiger partial charge in [0.2, 0.25) is 0 Å². The topological polar surface area (TPSA) is 84.7 Å². The summed E-state index contributed by atoms with van der Waals surface area (Å²) in [5, 5.41) is 3.34. The maximum absolute atomic E-state index is 13.8. The van der Waals surface area contributed by atoms with Crippen molar-refractivity contribution in [2.24, 2.45) is 5.73 Å². The molecule has 0 aliphatic heterocycles. The molecule has 0 aliphatic rings. The largest absolute Gasteiger partial charge is 0.456 e. The number of carbonyl (C=O) groups is 2. The summed E-state index contributed by atoms with van der Waals surface area (Å²) in [6.45, 7) is 8.10. The fraction of sp³-hybridized carbons (Fsp3) is 0.429. The summed E-state index contributed by atoms with van der Waals surface area (Å²) in [5.74, 6) is -2.11. The number of nitrogens with two attached hydrogens (primary N) is 1. The van der Waals surface area contributed by atoms with Gasteiger partial charge in [-0.3, -0.25) is 4.79 Å². The number of benzene rings is 3. The first-order valence-corrected chi connectivity index (χ1v) is 15.3. The third-order valence-electron chi connectivity index (χ3n) is 7.22. The molecule has 2 atom stereocenters. The third kappa shape index (κ3) is 11.2. The molecule has 232 valence electrons. The zero-order valence-corrected chi connectivity index (χ0v) is 25.6. The average molecular weight is 594 g/mol. The lowest BCUT2D eigenvalue weighted by atomic mass is 10.0. The Bertz CT molecular complexity index is 1290. The number of hydrogen-bond donors (Lipinski definition) is 2. The standard InChI is InChI=1S/C35H45F2N3O3/c1-4-15-40(16-5-2)34(41)28-17-25(3)18-29(22-28)35(42)43-33(32(38)21-27-19-30(36)23-31(37)20-27)24-39-14-10-9-13-26-11-7-6-8-12-26/h6-8,11-12,17-20,22-23,32-33,39H,4-5,9-10,13-16,21,24,38H2,1-3H3/t32-,33+/m0/s1. The molecule has 0 fully saturated rings. The van der Waals surface area contributed by atoms with Gasteiger partial charge in [-0.2, -0.15) is 0 Å². The van der Waals surface area contributed by atoms with Crippen LogP contribution in [0.25, 0.3) is 0 Å². The minimum Gasteiger partial charge on any atom is -0.456 e. The summed E-state index contributed by atoms with van der Waals surface area (Å²) < 4.78 is 33.6. The van der Waals surface area contributed by atoms with Crippen LogP contribution < -0.4 is 11.1 Å². The van der Waals surface area contributed by atoms with Crippen LogP contribution in [0, 0.1) is 18.6 Å². The van der Waals surface area contributed by atoms with Crippen molar-refractivity contribution in [3.05, 3.63) is 106 Å². The highest BCUT2D eigenvalue weighted by atomic mass is 19.1. The number of hydrogen-bond acceptors (Lipinski definition) is 5. The molecular weight excluding hydrogens is 548 g/mol. The molecule has 0 unspecified atom stereocenters.